The number of hydrogen-bond acceptors (Lipinski definition) is 14. The molecule has 19 nitrogen and oxygen atoms in total. The standard InChI is InChI=1S/C19H24N2O3.C19H26N2O.C18H24N2O.C16H20N2O2.C15H20N2O2S/c1-24-18(23)8-7-17(22)21-13-11-19(15-20,12-14-21)10-9-16-5-3-2-4-6-16;1-16(2)14-18(22)21-12-10-19(15-20,11-13-21)9-8-17-6-4-3-5-7-17;1-2-6-17(21)20-13-11-18(15-19,12-14-20)10-9-16-7-4-3-5-8-16;1-20-12-15(19)18-9-7-16(13-17,8-10-18)11-14-5-3-2-4-6-14;1-20(18,19)17-11-9-15(13-16,10-12-17)8-7-14-5-3-2-4-6-14/h2-6H,7-14H2,1H3;3-7,16H,8-14H2,1-2H3;3-5,7-8H,2,6,9-14H2,1H3;2*2-6H,7-12H2,1H3. The molecule has 5 heterocycles. The third-order valence-corrected chi connectivity index (χ3v) is 23.3. The van der Waals surface area contributed by atoms with Crippen molar-refractivity contribution in [2.75, 3.05) is 92.5 Å². The highest BCUT2D eigenvalue weighted by Crippen LogP contribution is 2.40. The highest BCUT2D eigenvalue weighted by atomic mass is 32.2. The SMILES string of the molecule is CC(C)CC(=O)N1CCC(C#N)(CCc2ccccc2)CC1.CCCC(=O)N1CCC(C#N)(CCc2ccccc2)CC1.COC(=O)CCC(=O)N1CCC(C#N)(CCc2ccccc2)CC1.COCC(=O)N1CCC(C#N)(Cc2ccccc2)CC1.CS(=O)(=O)N1CCC(C#N)(CCc2ccccc2)CC1. The Kier molecular flexibility index (Phi) is 35.8. The summed E-state index contributed by atoms with van der Waals surface area (Å²) in [6.45, 7) is 12.6. The predicted molar refractivity (Wildman–Crippen MR) is 416 cm³/mol. The zero-order valence-electron chi connectivity index (χ0n) is 64.3. The molecule has 5 aromatic carbocycles. The Morgan fingerprint density at radius 1 is 0.402 bits per heavy atom. The molecule has 572 valence electrons. The first-order chi connectivity index (χ1) is 51.5. The molecule has 0 spiro atoms. The number of nitrogens with zero attached hydrogens (tertiary/aromatic N) is 10. The van der Waals surface area contributed by atoms with Gasteiger partial charge in [0.25, 0.3) is 0 Å². The van der Waals surface area contributed by atoms with Crippen molar-refractivity contribution in [2.45, 2.75) is 175 Å². The van der Waals surface area contributed by atoms with Crippen molar-refractivity contribution >= 4 is 39.6 Å². The smallest absolute Gasteiger partial charge is 0.306 e. The molecule has 5 aromatic rings. The van der Waals surface area contributed by atoms with Crippen LogP contribution in [0.1, 0.15) is 171 Å². The highest BCUT2D eigenvalue weighted by Gasteiger charge is 2.41. The van der Waals surface area contributed by atoms with Crippen LogP contribution in [-0.4, -0.2) is 154 Å². The third-order valence-electron chi connectivity index (χ3n) is 22.0. The maximum atomic E-state index is 12.1. The van der Waals surface area contributed by atoms with Crippen LogP contribution >= 0.6 is 0 Å². The topological polar surface area (TPSA) is 273 Å². The minimum absolute atomic E-state index is 0.0127. The Labute approximate surface area is 638 Å². The van der Waals surface area contributed by atoms with E-state index in [0.29, 0.717) is 83.7 Å². The van der Waals surface area contributed by atoms with Gasteiger partial charge < -0.3 is 29.1 Å². The van der Waals surface area contributed by atoms with E-state index in [1.807, 2.05) is 108 Å². The van der Waals surface area contributed by atoms with Gasteiger partial charge in [0, 0.05) is 91.8 Å². The number of likely N-dealkylation sites (tertiary alicyclic amines) is 4. The van der Waals surface area contributed by atoms with E-state index in [9.17, 15) is 58.7 Å². The van der Waals surface area contributed by atoms with E-state index >= 15 is 0 Å². The third kappa shape index (κ3) is 28.8. The molecule has 0 aromatic heterocycles. The summed E-state index contributed by atoms with van der Waals surface area (Å²) in [6, 6.07) is 63.6. The molecule has 5 aliphatic heterocycles. The number of sulfonamides is 1. The molecule has 5 saturated heterocycles. The Morgan fingerprint density at radius 3 is 0.963 bits per heavy atom. The number of ether oxygens (including phenoxy) is 2. The summed E-state index contributed by atoms with van der Waals surface area (Å²) < 4.78 is 33.9. The Bertz CT molecular complexity index is 3860. The molecule has 0 saturated carbocycles. The molecule has 0 aliphatic carbocycles. The number of hydrogen-bond donors (Lipinski definition) is 0. The number of rotatable bonds is 24. The minimum Gasteiger partial charge on any atom is -0.469 e. The predicted octanol–water partition coefficient (Wildman–Crippen LogP) is 14.2. The van der Waals surface area contributed by atoms with Gasteiger partial charge in [0.15, 0.2) is 0 Å². The maximum Gasteiger partial charge on any atom is 0.306 e. The van der Waals surface area contributed by atoms with Crippen LogP contribution in [0.4, 0.5) is 0 Å². The number of nitriles is 5. The molecule has 0 N–H and O–H groups in total. The molecule has 10 rings (SSSR count). The number of benzene rings is 5. The van der Waals surface area contributed by atoms with E-state index in [4.69, 9.17) is 4.74 Å². The van der Waals surface area contributed by atoms with Crippen molar-refractivity contribution in [1.82, 2.24) is 23.9 Å². The number of esters is 1. The fourth-order valence-electron chi connectivity index (χ4n) is 14.6. The molecule has 0 radical (unpaired) electrons. The molecule has 5 fully saturated rings. The van der Waals surface area contributed by atoms with E-state index in [2.05, 4.69) is 110 Å². The van der Waals surface area contributed by atoms with Gasteiger partial charge in [0.1, 0.15) is 6.61 Å². The van der Waals surface area contributed by atoms with E-state index in [0.717, 1.165) is 129 Å². The van der Waals surface area contributed by atoms with E-state index in [1.54, 1.807) is 9.80 Å². The zero-order chi connectivity index (χ0) is 77.6. The molecule has 20 heteroatoms. The second-order valence-electron chi connectivity index (χ2n) is 30.1. The van der Waals surface area contributed by atoms with Gasteiger partial charge in [-0.3, -0.25) is 24.0 Å². The fourth-order valence-corrected chi connectivity index (χ4v) is 15.5. The normalized spacial score (nSPS) is 17.5. The van der Waals surface area contributed by atoms with Crippen LogP contribution in [0.5, 0.6) is 0 Å². The summed E-state index contributed by atoms with van der Waals surface area (Å²) in [4.78, 5) is 66.5. The molecular formula is C87H114N10O9S. The lowest BCUT2D eigenvalue weighted by Gasteiger charge is -2.37. The average molecular weight is 1480 g/mol. The van der Waals surface area contributed by atoms with Crippen LogP contribution in [0.15, 0.2) is 152 Å². The summed E-state index contributed by atoms with van der Waals surface area (Å²) in [7, 11) is -0.282. The van der Waals surface area contributed by atoms with Crippen LogP contribution < -0.4 is 0 Å². The monoisotopic (exact) mass is 1470 g/mol. The number of aryl methyl sites for hydroxylation is 4. The van der Waals surface area contributed by atoms with Crippen molar-refractivity contribution in [3.63, 3.8) is 0 Å². The van der Waals surface area contributed by atoms with Crippen LogP contribution in [0, 0.1) is 89.6 Å². The van der Waals surface area contributed by atoms with Crippen LogP contribution in [0.3, 0.4) is 0 Å². The zero-order valence-corrected chi connectivity index (χ0v) is 65.1. The minimum atomic E-state index is -3.13. The van der Waals surface area contributed by atoms with Crippen molar-refractivity contribution in [1.29, 1.82) is 26.3 Å². The second-order valence-corrected chi connectivity index (χ2v) is 32.1. The van der Waals surface area contributed by atoms with Crippen molar-refractivity contribution in [3.05, 3.63) is 179 Å². The number of methoxy groups -OCH3 is 2. The van der Waals surface area contributed by atoms with Crippen LogP contribution in [0.25, 0.3) is 0 Å². The molecule has 5 aliphatic rings. The molecular weight excluding hydrogens is 1360 g/mol. The Morgan fingerprint density at radius 2 is 0.682 bits per heavy atom. The summed E-state index contributed by atoms with van der Waals surface area (Å²) in [5.41, 5.74) is 4.65. The number of amides is 4. The first-order valence-corrected chi connectivity index (χ1v) is 40.2. The van der Waals surface area contributed by atoms with Gasteiger partial charge in [-0.15, -0.1) is 0 Å². The largest absolute Gasteiger partial charge is 0.469 e. The van der Waals surface area contributed by atoms with Gasteiger partial charge in [-0.05, 0) is 162 Å². The molecule has 107 heavy (non-hydrogen) atoms. The lowest BCUT2D eigenvalue weighted by Crippen LogP contribution is -2.44. The Hall–Kier alpha value is -9.23. The Balaban J connectivity index is 0.000000210. The van der Waals surface area contributed by atoms with E-state index in [-0.39, 0.29) is 76.1 Å². The van der Waals surface area contributed by atoms with Gasteiger partial charge in [-0.2, -0.15) is 26.3 Å². The summed E-state index contributed by atoms with van der Waals surface area (Å²) in [5, 5.41) is 47.9. The van der Waals surface area contributed by atoms with Crippen molar-refractivity contribution < 1.29 is 41.9 Å². The van der Waals surface area contributed by atoms with E-state index < -0.39 is 10.0 Å². The summed E-state index contributed by atoms with van der Waals surface area (Å²) >= 11 is 0. The van der Waals surface area contributed by atoms with Crippen LogP contribution in [0.2, 0.25) is 0 Å². The lowest BCUT2D eigenvalue weighted by molar-refractivity contribution is -0.144. The van der Waals surface area contributed by atoms with Crippen LogP contribution in [-0.2, 0) is 75.6 Å². The van der Waals surface area contributed by atoms with Gasteiger partial charge in [-0.25, -0.2) is 12.7 Å². The molecule has 0 atom stereocenters. The molecule has 0 unspecified atom stereocenters. The summed E-state index contributed by atoms with van der Waals surface area (Å²) in [5.74, 6) is 0.494. The molecule has 4 amide bonds. The summed E-state index contributed by atoms with van der Waals surface area (Å²) in [6.07, 6.45) is 18.8. The first kappa shape index (κ1) is 86.7. The number of piperidine rings is 5. The van der Waals surface area contributed by atoms with Gasteiger partial charge in [0.05, 0.1) is 77.2 Å². The first-order valence-electron chi connectivity index (χ1n) is 38.3. The van der Waals surface area contributed by atoms with Gasteiger partial charge >= 0.3 is 5.97 Å². The number of carbonyl (C=O) groups is 5. The quantitative estimate of drug-likeness (QED) is 0.0520. The highest BCUT2D eigenvalue weighted by molar-refractivity contribution is 7.88. The van der Waals surface area contributed by atoms with Crippen molar-refractivity contribution in [2.24, 2.45) is 33.0 Å². The molecule has 0 bridgehead atoms. The van der Waals surface area contributed by atoms with Crippen molar-refractivity contribution in [3.8, 4) is 30.3 Å². The van der Waals surface area contributed by atoms with Gasteiger partial charge in [0.2, 0.25) is 33.7 Å². The lowest BCUT2D eigenvalue weighted by atomic mass is 9.75. The average Bonchev–Trinajstić information content (AvgIpc) is 0.843. The van der Waals surface area contributed by atoms with Gasteiger partial charge in [-0.1, -0.05) is 172 Å². The van der Waals surface area contributed by atoms with E-state index in [1.165, 1.54) is 52.6 Å². The number of carbonyl (C=O) groups excluding carboxylic acids is 5. The maximum absolute atomic E-state index is 12.1. The fraction of sp³-hybridized carbons (Fsp3) is 0.540. The second kappa shape index (κ2) is 44.2.